The topological polar surface area (TPSA) is 119 Å². The van der Waals surface area contributed by atoms with Gasteiger partial charge in [0.25, 0.3) is 0 Å². The quantitative estimate of drug-likeness (QED) is 0.0606. The molecule has 0 saturated heterocycles. The molecule has 0 aliphatic heterocycles. The number of hydrogen-bond donors (Lipinski definition) is 0. The van der Waals surface area contributed by atoms with Gasteiger partial charge in [-0.25, -0.2) is 8.42 Å². The van der Waals surface area contributed by atoms with Crippen LogP contribution in [0.2, 0.25) is 0 Å². The number of esters is 2. The Balaban J connectivity index is 1.50. The Bertz CT molecular complexity index is 1610. The van der Waals surface area contributed by atoms with Crippen LogP contribution in [0.1, 0.15) is 34.7 Å². The minimum Gasteiger partial charge on any atom is -0.726 e. The van der Waals surface area contributed by atoms with E-state index in [9.17, 15) is 22.6 Å². The second kappa shape index (κ2) is 17.7. The normalized spacial score (nSPS) is 13.3. The third-order valence-electron chi connectivity index (χ3n) is 7.19. The van der Waals surface area contributed by atoms with Crippen molar-refractivity contribution in [3.63, 3.8) is 0 Å². The van der Waals surface area contributed by atoms with Gasteiger partial charge in [-0.05, 0) is 46.5 Å². The van der Waals surface area contributed by atoms with Crippen molar-refractivity contribution in [3.05, 3.63) is 143 Å². The predicted octanol–water partition coefficient (Wildman–Crippen LogP) is 5.76. The molecule has 0 saturated carbocycles. The highest BCUT2D eigenvalue weighted by atomic mass is 32.3. The second-order valence-corrected chi connectivity index (χ2v) is 14.3. The van der Waals surface area contributed by atoms with Crippen molar-refractivity contribution in [2.75, 3.05) is 11.5 Å². The molecule has 0 aliphatic carbocycles. The van der Waals surface area contributed by atoms with Crippen LogP contribution >= 0.6 is 0 Å². The lowest BCUT2D eigenvalue weighted by molar-refractivity contribution is -0.149. The number of ether oxygens (including phenoxy) is 2. The molecule has 4 aromatic rings. The molecule has 242 valence electrons. The summed E-state index contributed by atoms with van der Waals surface area (Å²) in [4.78, 5) is 26.7. The highest BCUT2D eigenvalue weighted by molar-refractivity contribution is 7.96. The van der Waals surface area contributed by atoms with E-state index in [1.54, 1.807) is 24.3 Å². The molecular weight excluding hydrogens is 625 g/mol. The van der Waals surface area contributed by atoms with Gasteiger partial charge in [0, 0.05) is 5.56 Å². The molecule has 0 radical (unpaired) electrons. The molecule has 0 aliphatic rings. The molecule has 0 N–H and O–H groups in total. The fourth-order valence-electron chi connectivity index (χ4n) is 4.83. The van der Waals surface area contributed by atoms with Crippen molar-refractivity contribution in [1.82, 2.24) is 0 Å². The predicted molar refractivity (Wildman–Crippen MR) is 177 cm³/mol. The van der Waals surface area contributed by atoms with E-state index in [0.29, 0.717) is 29.2 Å². The highest BCUT2D eigenvalue weighted by Gasteiger charge is 2.34. The third kappa shape index (κ3) is 12.4. The van der Waals surface area contributed by atoms with Crippen LogP contribution in [0, 0.1) is 11.8 Å². The minimum absolute atomic E-state index is 0.144. The number of carbonyl (C=O) groups is 2. The van der Waals surface area contributed by atoms with Crippen LogP contribution in [-0.2, 0) is 76.5 Å². The summed E-state index contributed by atoms with van der Waals surface area (Å²) in [6, 6.07) is 35.9. The van der Waals surface area contributed by atoms with Gasteiger partial charge in [0.2, 0.25) is 10.4 Å². The first-order valence-electron chi connectivity index (χ1n) is 14.9. The standard InChI is InChI=1S/C36H38O8S2/c1-28(35(37)42-22-30-11-5-2-6-12-30)25-45(26-33-15-9-4-10-16-33)27-34(36(38)43-23-31-13-7-3-8-14-31)21-29-17-19-32(20-18-29)24-44-46(39,40)41/h2-20,28,34H,21-27H2,1H3. The molecule has 0 heterocycles. The fraction of sp³-hybridized carbons (Fsp3) is 0.278. The zero-order valence-corrected chi connectivity index (χ0v) is 27.3. The smallest absolute Gasteiger partial charge is 0.314 e. The average Bonchev–Trinajstić information content (AvgIpc) is 3.06. The largest absolute Gasteiger partial charge is 0.726 e. The lowest BCUT2D eigenvalue weighted by Crippen LogP contribution is -2.33. The van der Waals surface area contributed by atoms with E-state index in [1.807, 2.05) is 97.9 Å². The Morgan fingerprint density at radius 3 is 1.61 bits per heavy atom. The molecule has 4 rings (SSSR count). The molecule has 8 nitrogen and oxygen atoms in total. The molecule has 0 bridgehead atoms. The van der Waals surface area contributed by atoms with E-state index >= 15 is 0 Å². The zero-order chi connectivity index (χ0) is 32.8. The molecule has 0 fully saturated rings. The number of carbonyl (C=O) groups excluding carboxylic acids is 2. The summed E-state index contributed by atoms with van der Waals surface area (Å²) in [6.45, 7) is 1.84. The van der Waals surface area contributed by atoms with E-state index in [2.05, 4.69) is 4.18 Å². The van der Waals surface area contributed by atoms with Gasteiger partial charge in [-0.15, -0.1) is 0 Å². The van der Waals surface area contributed by atoms with Crippen molar-refractivity contribution in [1.29, 1.82) is 0 Å². The van der Waals surface area contributed by atoms with Gasteiger partial charge in [-0.1, -0.05) is 115 Å². The van der Waals surface area contributed by atoms with Crippen LogP contribution in [-0.4, -0.2) is 36.4 Å². The Morgan fingerprint density at radius 1 is 0.630 bits per heavy atom. The summed E-state index contributed by atoms with van der Waals surface area (Å²) in [5, 5.41) is 0. The Hall–Kier alpha value is -3.96. The molecule has 0 spiro atoms. The van der Waals surface area contributed by atoms with Gasteiger partial charge in [-0.3, -0.25) is 13.8 Å². The Kier molecular flexibility index (Phi) is 13.4. The van der Waals surface area contributed by atoms with Crippen molar-refractivity contribution in [3.8, 4) is 0 Å². The van der Waals surface area contributed by atoms with Crippen LogP contribution in [0.5, 0.6) is 0 Å². The van der Waals surface area contributed by atoms with Crippen LogP contribution in [0.3, 0.4) is 0 Å². The average molecular weight is 663 g/mol. The van der Waals surface area contributed by atoms with E-state index in [4.69, 9.17) is 9.47 Å². The van der Waals surface area contributed by atoms with Crippen LogP contribution in [0.4, 0.5) is 0 Å². The molecule has 0 amide bonds. The monoisotopic (exact) mass is 662 g/mol. The zero-order valence-electron chi connectivity index (χ0n) is 25.7. The number of benzene rings is 4. The van der Waals surface area contributed by atoms with E-state index in [1.165, 1.54) is 0 Å². The maximum Gasteiger partial charge on any atom is 0.314 e. The summed E-state index contributed by atoms with van der Waals surface area (Å²) in [6.07, 6.45) is 0.375. The maximum absolute atomic E-state index is 13.6. The Labute approximate surface area is 274 Å². The third-order valence-corrected chi connectivity index (χ3v) is 10.2. The van der Waals surface area contributed by atoms with E-state index in [-0.39, 0.29) is 48.6 Å². The molecule has 46 heavy (non-hydrogen) atoms. The highest BCUT2D eigenvalue weighted by Crippen LogP contribution is 2.22. The van der Waals surface area contributed by atoms with Crippen LogP contribution < -0.4 is 0 Å². The van der Waals surface area contributed by atoms with Gasteiger partial charge in [0.1, 0.15) is 36.4 Å². The van der Waals surface area contributed by atoms with E-state index in [0.717, 1.165) is 22.3 Å². The summed E-state index contributed by atoms with van der Waals surface area (Å²) in [5.74, 6) is 0.234. The molecule has 3 unspecified atom stereocenters. The van der Waals surface area contributed by atoms with Gasteiger partial charge in [0.05, 0.1) is 12.5 Å². The summed E-state index contributed by atoms with van der Waals surface area (Å²) in [7, 11) is -5.20. The SMILES string of the molecule is CC(C[S+](Cc1ccccc1)CC(Cc1ccc(COS(=O)(=O)[O-])cc1)C(=O)OCc1ccccc1)C(=O)OCc1ccccc1. The first kappa shape index (κ1) is 34.9. The van der Waals surface area contributed by atoms with Crippen molar-refractivity contribution < 1.29 is 36.2 Å². The number of rotatable bonds is 17. The molecular formula is C36H38O8S2. The summed E-state index contributed by atoms with van der Waals surface area (Å²) >= 11 is 0. The van der Waals surface area contributed by atoms with Gasteiger partial charge >= 0.3 is 11.9 Å². The molecule has 10 heteroatoms. The van der Waals surface area contributed by atoms with Crippen molar-refractivity contribution >= 4 is 33.2 Å². The minimum atomic E-state index is -4.81. The Morgan fingerprint density at radius 2 is 1.09 bits per heavy atom. The first-order valence-corrected chi connectivity index (χ1v) is 18.0. The maximum atomic E-state index is 13.6. The first-order chi connectivity index (χ1) is 22.1. The van der Waals surface area contributed by atoms with Gasteiger partial charge in [0.15, 0.2) is 0 Å². The lowest BCUT2D eigenvalue weighted by Gasteiger charge is -2.20. The molecule has 0 aromatic heterocycles. The molecule has 4 aromatic carbocycles. The second-order valence-electron chi connectivity index (χ2n) is 11.1. The van der Waals surface area contributed by atoms with Crippen molar-refractivity contribution in [2.24, 2.45) is 11.8 Å². The molecule has 3 atom stereocenters. The number of hydrogen-bond acceptors (Lipinski definition) is 8. The van der Waals surface area contributed by atoms with Crippen LogP contribution in [0.25, 0.3) is 0 Å². The van der Waals surface area contributed by atoms with Gasteiger partial charge in [-0.2, -0.15) is 0 Å². The lowest BCUT2D eigenvalue weighted by atomic mass is 10.00. The van der Waals surface area contributed by atoms with Crippen LogP contribution in [0.15, 0.2) is 115 Å². The summed E-state index contributed by atoms with van der Waals surface area (Å²) < 4.78 is 48.4. The van der Waals surface area contributed by atoms with Crippen molar-refractivity contribution in [2.45, 2.75) is 38.9 Å². The van der Waals surface area contributed by atoms with Gasteiger partial charge < -0.3 is 14.0 Å². The fourth-order valence-corrected chi connectivity index (χ4v) is 7.81. The van der Waals surface area contributed by atoms with E-state index < -0.39 is 16.3 Å². The summed E-state index contributed by atoms with van der Waals surface area (Å²) in [5.41, 5.74) is 4.27.